The third kappa shape index (κ3) is 3.58. The van der Waals surface area contributed by atoms with E-state index in [1.807, 2.05) is 6.92 Å². The van der Waals surface area contributed by atoms with Crippen LogP contribution in [0.3, 0.4) is 0 Å². The fraction of sp³-hybridized carbons (Fsp3) is 0.455. The number of hydrogen-bond acceptors (Lipinski definition) is 2. The molecule has 1 aromatic heterocycles. The molecule has 1 rings (SSSR count). The van der Waals surface area contributed by atoms with Crippen molar-refractivity contribution in [2.24, 2.45) is 0 Å². The molecule has 0 bridgehead atoms. The van der Waals surface area contributed by atoms with Gasteiger partial charge in [-0.25, -0.2) is 0 Å². The molecule has 0 saturated heterocycles. The van der Waals surface area contributed by atoms with E-state index in [4.69, 9.17) is 0 Å². The molecule has 0 aromatic carbocycles. The van der Waals surface area contributed by atoms with Crippen molar-refractivity contribution < 1.29 is 4.79 Å². The first-order valence-electron chi connectivity index (χ1n) is 5.13. The maximum Gasteiger partial charge on any atom is 0.252 e. The van der Waals surface area contributed by atoms with Crippen LogP contribution in [-0.4, -0.2) is 16.9 Å². The molecule has 1 amide bonds. The Hall–Kier alpha value is -1.58. The topological polar surface area (TPSA) is 62.0 Å². The van der Waals surface area contributed by atoms with Crippen molar-refractivity contribution in [2.45, 2.75) is 32.7 Å². The lowest BCUT2D eigenvalue weighted by molar-refractivity contribution is 0.0938. The SMILES string of the molecule is CCCC(C)NC(=O)c1ccc(=O)[nH]c1. The highest BCUT2D eigenvalue weighted by Gasteiger charge is 2.08. The summed E-state index contributed by atoms with van der Waals surface area (Å²) >= 11 is 0. The van der Waals surface area contributed by atoms with Crippen LogP contribution in [-0.2, 0) is 0 Å². The summed E-state index contributed by atoms with van der Waals surface area (Å²) < 4.78 is 0. The zero-order valence-corrected chi connectivity index (χ0v) is 9.04. The average molecular weight is 208 g/mol. The molecule has 82 valence electrons. The van der Waals surface area contributed by atoms with E-state index < -0.39 is 0 Å². The number of pyridine rings is 1. The predicted molar refractivity (Wildman–Crippen MR) is 58.9 cm³/mol. The molecule has 1 aromatic rings. The molecule has 15 heavy (non-hydrogen) atoms. The standard InChI is InChI=1S/C11H16N2O2/c1-3-4-8(2)13-11(15)9-5-6-10(14)12-7-9/h5-8H,3-4H2,1-2H3,(H,12,14)(H,13,15). The second-order valence-electron chi connectivity index (χ2n) is 3.60. The van der Waals surface area contributed by atoms with E-state index >= 15 is 0 Å². The third-order valence-corrected chi connectivity index (χ3v) is 2.15. The third-order valence-electron chi connectivity index (χ3n) is 2.15. The van der Waals surface area contributed by atoms with Crippen LogP contribution >= 0.6 is 0 Å². The normalized spacial score (nSPS) is 12.1. The number of carbonyl (C=O) groups excluding carboxylic acids is 1. The largest absolute Gasteiger partial charge is 0.350 e. The zero-order chi connectivity index (χ0) is 11.3. The minimum atomic E-state index is -0.201. The fourth-order valence-electron chi connectivity index (χ4n) is 1.36. The van der Waals surface area contributed by atoms with Crippen LogP contribution < -0.4 is 10.9 Å². The summed E-state index contributed by atoms with van der Waals surface area (Å²) in [6.45, 7) is 4.04. The van der Waals surface area contributed by atoms with Gasteiger partial charge in [-0.2, -0.15) is 0 Å². The Balaban J connectivity index is 2.61. The highest BCUT2D eigenvalue weighted by Crippen LogP contribution is 1.98. The summed E-state index contributed by atoms with van der Waals surface area (Å²) in [6.07, 6.45) is 3.42. The van der Waals surface area contributed by atoms with Crippen molar-refractivity contribution in [3.05, 3.63) is 34.2 Å². The molecule has 0 aliphatic carbocycles. The van der Waals surface area contributed by atoms with Gasteiger partial charge in [-0.05, 0) is 19.4 Å². The van der Waals surface area contributed by atoms with Crippen LogP contribution in [0.5, 0.6) is 0 Å². The molecule has 0 spiro atoms. The second kappa shape index (κ2) is 5.34. The molecule has 1 atom stereocenters. The minimum absolute atomic E-state index is 0.146. The van der Waals surface area contributed by atoms with Crippen LogP contribution in [0.2, 0.25) is 0 Å². The van der Waals surface area contributed by atoms with Crippen molar-refractivity contribution in [3.63, 3.8) is 0 Å². The smallest absolute Gasteiger partial charge is 0.252 e. The molecule has 0 saturated carbocycles. The quantitative estimate of drug-likeness (QED) is 0.783. The molecule has 0 fully saturated rings. The number of carbonyl (C=O) groups is 1. The van der Waals surface area contributed by atoms with Gasteiger partial charge in [0.15, 0.2) is 0 Å². The summed E-state index contributed by atoms with van der Waals surface area (Å²) in [5, 5.41) is 2.86. The number of aromatic nitrogens is 1. The number of nitrogens with one attached hydrogen (secondary N) is 2. The number of rotatable bonds is 4. The Morgan fingerprint density at radius 1 is 1.53 bits per heavy atom. The van der Waals surface area contributed by atoms with Gasteiger partial charge in [0.25, 0.3) is 5.91 Å². The van der Waals surface area contributed by atoms with Gasteiger partial charge < -0.3 is 10.3 Å². The van der Waals surface area contributed by atoms with Crippen LogP contribution in [0.15, 0.2) is 23.1 Å². The molecule has 4 nitrogen and oxygen atoms in total. The first-order chi connectivity index (χ1) is 7.13. The van der Waals surface area contributed by atoms with Crippen LogP contribution in [0.4, 0.5) is 0 Å². The van der Waals surface area contributed by atoms with Gasteiger partial charge in [-0.15, -0.1) is 0 Å². The number of H-pyrrole nitrogens is 1. The van der Waals surface area contributed by atoms with Crippen molar-refractivity contribution in [3.8, 4) is 0 Å². The lowest BCUT2D eigenvalue weighted by Crippen LogP contribution is -2.32. The summed E-state index contributed by atoms with van der Waals surface area (Å²) in [5.74, 6) is -0.146. The monoisotopic (exact) mass is 208 g/mol. The van der Waals surface area contributed by atoms with Gasteiger partial charge in [-0.3, -0.25) is 9.59 Å². The lowest BCUT2D eigenvalue weighted by Gasteiger charge is -2.12. The van der Waals surface area contributed by atoms with Crippen LogP contribution in [0, 0.1) is 0 Å². The van der Waals surface area contributed by atoms with Gasteiger partial charge in [-0.1, -0.05) is 13.3 Å². The molecule has 0 aliphatic heterocycles. The van der Waals surface area contributed by atoms with E-state index in [-0.39, 0.29) is 17.5 Å². The van der Waals surface area contributed by atoms with Crippen molar-refractivity contribution in [2.75, 3.05) is 0 Å². The molecule has 1 heterocycles. The highest BCUT2D eigenvalue weighted by atomic mass is 16.1. The Bertz CT molecular complexity index is 364. The number of hydrogen-bond donors (Lipinski definition) is 2. The maximum atomic E-state index is 11.6. The zero-order valence-electron chi connectivity index (χ0n) is 9.04. The van der Waals surface area contributed by atoms with E-state index in [0.29, 0.717) is 5.56 Å². The van der Waals surface area contributed by atoms with Gasteiger partial charge in [0.2, 0.25) is 5.56 Å². The fourth-order valence-corrected chi connectivity index (χ4v) is 1.36. The van der Waals surface area contributed by atoms with E-state index in [1.165, 1.54) is 18.3 Å². The van der Waals surface area contributed by atoms with Gasteiger partial charge in [0.1, 0.15) is 0 Å². The summed E-state index contributed by atoms with van der Waals surface area (Å²) in [5.41, 5.74) is 0.283. The molecular formula is C11H16N2O2. The lowest BCUT2D eigenvalue weighted by atomic mass is 10.2. The highest BCUT2D eigenvalue weighted by molar-refractivity contribution is 5.93. The first-order valence-corrected chi connectivity index (χ1v) is 5.13. The Morgan fingerprint density at radius 3 is 2.80 bits per heavy atom. The van der Waals surface area contributed by atoms with E-state index in [0.717, 1.165) is 12.8 Å². The molecule has 2 N–H and O–H groups in total. The van der Waals surface area contributed by atoms with Gasteiger partial charge in [0.05, 0.1) is 5.56 Å². The van der Waals surface area contributed by atoms with Crippen molar-refractivity contribution in [1.29, 1.82) is 0 Å². The van der Waals surface area contributed by atoms with Crippen molar-refractivity contribution >= 4 is 5.91 Å². The summed E-state index contributed by atoms with van der Waals surface area (Å²) in [6, 6.07) is 3.03. The van der Waals surface area contributed by atoms with E-state index in [1.54, 1.807) is 0 Å². The van der Waals surface area contributed by atoms with Gasteiger partial charge in [0, 0.05) is 18.3 Å². The molecule has 4 heteroatoms. The van der Waals surface area contributed by atoms with E-state index in [2.05, 4.69) is 17.2 Å². The van der Waals surface area contributed by atoms with Crippen molar-refractivity contribution in [1.82, 2.24) is 10.3 Å². The summed E-state index contributed by atoms with van der Waals surface area (Å²) in [4.78, 5) is 24.9. The van der Waals surface area contributed by atoms with Crippen LogP contribution in [0.1, 0.15) is 37.0 Å². The Kier molecular flexibility index (Phi) is 4.09. The molecular weight excluding hydrogens is 192 g/mol. The maximum absolute atomic E-state index is 11.6. The summed E-state index contributed by atoms with van der Waals surface area (Å²) in [7, 11) is 0. The molecule has 0 aliphatic rings. The predicted octanol–water partition coefficient (Wildman–Crippen LogP) is 1.29. The first kappa shape index (κ1) is 11.5. The number of aromatic amines is 1. The van der Waals surface area contributed by atoms with E-state index in [9.17, 15) is 9.59 Å². The Morgan fingerprint density at radius 2 is 2.27 bits per heavy atom. The second-order valence-corrected chi connectivity index (χ2v) is 3.60. The van der Waals surface area contributed by atoms with Gasteiger partial charge >= 0.3 is 0 Å². The minimum Gasteiger partial charge on any atom is -0.350 e. The molecule has 0 radical (unpaired) electrons. The molecule has 1 unspecified atom stereocenters. The number of amides is 1. The average Bonchev–Trinajstić information content (AvgIpc) is 2.18. The Labute approximate surface area is 88.7 Å². The van der Waals surface area contributed by atoms with Crippen LogP contribution in [0.25, 0.3) is 0 Å².